The van der Waals surface area contributed by atoms with Gasteiger partial charge in [0.05, 0.1) is 11.7 Å². The Balaban J connectivity index is 1.77. The molecule has 104 valence electrons. The first-order chi connectivity index (χ1) is 9.31. The zero-order valence-corrected chi connectivity index (χ0v) is 13.9. The van der Waals surface area contributed by atoms with Crippen LogP contribution in [0.25, 0.3) is 10.9 Å². The molecule has 0 aliphatic carbocycles. The minimum atomic E-state index is 1.05. The van der Waals surface area contributed by atoms with Gasteiger partial charge >= 0.3 is 0 Å². The molecule has 1 aromatic heterocycles. The fourth-order valence-electron chi connectivity index (χ4n) is 2.44. The molecule has 0 saturated carbocycles. The van der Waals surface area contributed by atoms with Crippen LogP contribution < -0.4 is 0 Å². The lowest BCUT2D eigenvalue weighted by Gasteiger charge is -2.04. The number of rotatable bonds is 8. The van der Waals surface area contributed by atoms with Crippen LogP contribution in [0.4, 0.5) is 0 Å². The molecule has 0 amide bonds. The van der Waals surface area contributed by atoms with Gasteiger partial charge in [0.2, 0.25) is 0 Å². The predicted octanol–water partition coefficient (Wildman–Crippen LogP) is 5.39. The average molecular weight is 370 g/mol. The summed E-state index contributed by atoms with van der Waals surface area (Å²) < 4.78 is 3.44. The SMILES string of the molecule is CCCCCCCCCn1ncc2ccc(I)cc21. The van der Waals surface area contributed by atoms with E-state index in [1.807, 2.05) is 6.20 Å². The third-order valence-electron chi connectivity index (χ3n) is 3.58. The van der Waals surface area contributed by atoms with Gasteiger partial charge in [-0.15, -0.1) is 0 Å². The van der Waals surface area contributed by atoms with E-state index in [1.54, 1.807) is 0 Å². The third-order valence-corrected chi connectivity index (χ3v) is 4.25. The summed E-state index contributed by atoms with van der Waals surface area (Å²) in [5.74, 6) is 0. The highest BCUT2D eigenvalue weighted by Crippen LogP contribution is 2.18. The summed E-state index contributed by atoms with van der Waals surface area (Å²) in [6, 6.07) is 6.53. The maximum Gasteiger partial charge on any atom is 0.0692 e. The minimum absolute atomic E-state index is 1.05. The zero-order valence-electron chi connectivity index (χ0n) is 11.7. The zero-order chi connectivity index (χ0) is 13.5. The van der Waals surface area contributed by atoms with Gasteiger partial charge in [0, 0.05) is 15.5 Å². The first-order valence-corrected chi connectivity index (χ1v) is 8.50. The maximum absolute atomic E-state index is 4.50. The number of aromatic nitrogens is 2. The molecule has 2 rings (SSSR count). The summed E-state index contributed by atoms with van der Waals surface area (Å²) in [6.07, 6.45) is 11.4. The topological polar surface area (TPSA) is 17.8 Å². The first-order valence-electron chi connectivity index (χ1n) is 7.42. The Morgan fingerprint density at radius 3 is 2.58 bits per heavy atom. The van der Waals surface area contributed by atoms with Crippen molar-refractivity contribution in [3.05, 3.63) is 28.0 Å². The summed E-state index contributed by atoms with van der Waals surface area (Å²) in [6.45, 7) is 3.32. The van der Waals surface area contributed by atoms with Crippen molar-refractivity contribution < 1.29 is 0 Å². The molecule has 3 heteroatoms. The average Bonchev–Trinajstić information content (AvgIpc) is 2.80. The van der Waals surface area contributed by atoms with E-state index in [0.29, 0.717) is 0 Å². The van der Waals surface area contributed by atoms with Gasteiger partial charge in [-0.1, -0.05) is 51.5 Å². The Morgan fingerprint density at radius 1 is 1.05 bits per heavy atom. The van der Waals surface area contributed by atoms with Crippen LogP contribution in [0.5, 0.6) is 0 Å². The van der Waals surface area contributed by atoms with Gasteiger partial charge in [-0.2, -0.15) is 5.10 Å². The smallest absolute Gasteiger partial charge is 0.0692 e. The standard InChI is InChI=1S/C16H23IN2/c1-2-3-4-5-6-7-8-11-19-16-12-15(17)10-9-14(16)13-18-19/h9-10,12-13H,2-8,11H2,1H3. The van der Waals surface area contributed by atoms with Gasteiger partial charge in [-0.05, 0) is 41.1 Å². The fourth-order valence-corrected chi connectivity index (χ4v) is 2.92. The maximum atomic E-state index is 4.50. The van der Waals surface area contributed by atoms with E-state index in [0.717, 1.165) is 6.54 Å². The van der Waals surface area contributed by atoms with E-state index in [9.17, 15) is 0 Å². The molecule has 0 unspecified atom stereocenters. The molecule has 0 fully saturated rings. The summed E-state index contributed by atoms with van der Waals surface area (Å²) in [4.78, 5) is 0. The number of fused-ring (bicyclic) bond motifs is 1. The van der Waals surface area contributed by atoms with Crippen molar-refractivity contribution in [3.8, 4) is 0 Å². The molecule has 0 atom stereocenters. The molecule has 2 aromatic rings. The summed E-state index contributed by atoms with van der Waals surface area (Å²) in [5.41, 5.74) is 1.28. The third kappa shape index (κ3) is 4.48. The molecule has 0 aliphatic heterocycles. The molecular weight excluding hydrogens is 347 g/mol. The fraction of sp³-hybridized carbons (Fsp3) is 0.562. The second-order valence-electron chi connectivity index (χ2n) is 5.19. The molecule has 0 saturated heterocycles. The Kier molecular flexibility index (Phi) is 6.14. The quantitative estimate of drug-likeness (QED) is 0.450. The first kappa shape index (κ1) is 14.8. The lowest BCUT2D eigenvalue weighted by molar-refractivity contribution is 0.532. The van der Waals surface area contributed by atoms with E-state index in [2.05, 4.69) is 57.5 Å². The van der Waals surface area contributed by atoms with Crippen molar-refractivity contribution in [1.82, 2.24) is 9.78 Å². The van der Waals surface area contributed by atoms with E-state index >= 15 is 0 Å². The van der Waals surface area contributed by atoms with Crippen LogP contribution >= 0.6 is 22.6 Å². The molecule has 1 aromatic carbocycles. The largest absolute Gasteiger partial charge is 0.265 e. The minimum Gasteiger partial charge on any atom is -0.265 e. The van der Waals surface area contributed by atoms with Crippen molar-refractivity contribution in [2.45, 2.75) is 58.4 Å². The van der Waals surface area contributed by atoms with Crippen molar-refractivity contribution >= 4 is 33.5 Å². The van der Waals surface area contributed by atoms with Crippen molar-refractivity contribution in [2.24, 2.45) is 0 Å². The number of halogens is 1. The van der Waals surface area contributed by atoms with Crippen LogP contribution in [0, 0.1) is 3.57 Å². The molecule has 0 bridgehead atoms. The van der Waals surface area contributed by atoms with Crippen molar-refractivity contribution in [1.29, 1.82) is 0 Å². The highest BCUT2D eigenvalue weighted by Gasteiger charge is 2.02. The second-order valence-corrected chi connectivity index (χ2v) is 6.44. The molecule has 1 heterocycles. The van der Waals surface area contributed by atoms with Gasteiger partial charge in [0.1, 0.15) is 0 Å². The Labute approximate surface area is 129 Å². The van der Waals surface area contributed by atoms with E-state index in [-0.39, 0.29) is 0 Å². The highest BCUT2D eigenvalue weighted by molar-refractivity contribution is 14.1. The number of hydrogen-bond donors (Lipinski definition) is 0. The summed E-state index contributed by atoms with van der Waals surface area (Å²) in [5, 5.41) is 5.75. The van der Waals surface area contributed by atoms with Crippen molar-refractivity contribution in [2.75, 3.05) is 0 Å². The van der Waals surface area contributed by atoms with Gasteiger partial charge < -0.3 is 0 Å². The predicted molar refractivity (Wildman–Crippen MR) is 90.4 cm³/mol. The van der Waals surface area contributed by atoms with E-state index in [1.165, 1.54) is 59.4 Å². The number of nitrogens with zero attached hydrogens (tertiary/aromatic N) is 2. The van der Waals surface area contributed by atoms with Gasteiger partial charge in [0.15, 0.2) is 0 Å². The lowest BCUT2D eigenvalue weighted by atomic mass is 10.1. The van der Waals surface area contributed by atoms with Crippen molar-refractivity contribution in [3.63, 3.8) is 0 Å². The van der Waals surface area contributed by atoms with Crippen LogP contribution in [0.3, 0.4) is 0 Å². The molecule has 2 nitrogen and oxygen atoms in total. The number of hydrogen-bond acceptors (Lipinski definition) is 1. The van der Waals surface area contributed by atoms with Crippen LogP contribution in [0.1, 0.15) is 51.9 Å². The normalized spacial score (nSPS) is 11.3. The van der Waals surface area contributed by atoms with Crippen LogP contribution in [0.15, 0.2) is 24.4 Å². The van der Waals surface area contributed by atoms with Gasteiger partial charge in [-0.25, -0.2) is 0 Å². The number of benzene rings is 1. The molecule has 0 N–H and O–H groups in total. The Bertz CT molecular complexity index is 504. The van der Waals surface area contributed by atoms with Gasteiger partial charge in [-0.3, -0.25) is 4.68 Å². The molecule has 19 heavy (non-hydrogen) atoms. The Morgan fingerprint density at radius 2 is 1.79 bits per heavy atom. The summed E-state index contributed by atoms with van der Waals surface area (Å²) in [7, 11) is 0. The second kappa shape index (κ2) is 7.88. The van der Waals surface area contributed by atoms with Crippen LogP contribution in [-0.2, 0) is 6.54 Å². The highest BCUT2D eigenvalue weighted by atomic mass is 127. The van der Waals surface area contributed by atoms with Crippen LogP contribution in [0.2, 0.25) is 0 Å². The molecule has 0 spiro atoms. The molecular formula is C16H23IN2. The molecule has 0 aliphatic rings. The van der Waals surface area contributed by atoms with Gasteiger partial charge in [0.25, 0.3) is 0 Å². The Hall–Kier alpha value is -0.580. The number of unbranched alkanes of at least 4 members (excludes halogenated alkanes) is 6. The van der Waals surface area contributed by atoms with Crippen LogP contribution in [-0.4, -0.2) is 9.78 Å². The monoisotopic (exact) mass is 370 g/mol. The number of aryl methyl sites for hydroxylation is 1. The molecule has 0 radical (unpaired) electrons. The summed E-state index contributed by atoms with van der Waals surface area (Å²) >= 11 is 2.36. The van der Waals surface area contributed by atoms with E-state index < -0.39 is 0 Å². The van der Waals surface area contributed by atoms with E-state index in [4.69, 9.17) is 0 Å². The lowest BCUT2D eigenvalue weighted by Crippen LogP contribution is -1.99.